The van der Waals surface area contributed by atoms with Crippen molar-refractivity contribution in [3.05, 3.63) is 43.1 Å². The summed E-state index contributed by atoms with van der Waals surface area (Å²) in [5.41, 5.74) is 2.24. The van der Waals surface area contributed by atoms with Gasteiger partial charge >= 0.3 is 0 Å². The molecule has 0 radical (unpaired) electrons. The van der Waals surface area contributed by atoms with Gasteiger partial charge in [0.15, 0.2) is 17.3 Å². The maximum absolute atomic E-state index is 5.55. The highest BCUT2D eigenvalue weighted by atomic mass is 16.5. The second-order valence-electron chi connectivity index (χ2n) is 4.64. The van der Waals surface area contributed by atoms with E-state index in [9.17, 15) is 0 Å². The van der Waals surface area contributed by atoms with E-state index < -0.39 is 0 Å². The third-order valence-corrected chi connectivity index (χ3v) is 3.46. The minimum absolute atomic E-state index is 0.516. The maximum atomic E-state index is 5.55. The number of benzene rings is 1. The summed E-state index contributed by atoms with van der Waals surface area (Å²) in [6.45, 7) is 0. The molecule has 0 atom stereocenters. The fourth-order valence-electron chi connectivity index (χ4n) is 2.45. The van der Waals surface area contributed by atoms with Crippen molar-refractivity contribution in [1.29, 1.82) is 0 Å². The number of rotatable bonds is 5. The number of hydrogen-bond donors (Lipinski definition) is 0. The molecule has 2 aromatic heterocycles. The number of nitrogens with zero attached hydrogens (tertiary/aromatic N) is 2. The molecule has 23 heavy (non-hydrogen) atoms. The first-order valence-corrected chi connectivity index (χ1v) is 6.93. The molecule has 3 aromatic rings. The summed E-state index contributed by atoms with van der Waals surface area (Å²) in [5.74, 6) is 2.31. The van der Waals surface area contributed by atoms with Crippen molar-refractivity contribution in [2.75, 3.05) is 21.3 Å². The summed E-state index contributed by atoms with van der Waals surface area (Å²) in [5, 5.41) is 0. The number of hydrogen-bond acceptors (Lipinski definition) is 6. The zero-order valence-electron chi connectivity index (χ0n) is 13.1. The molecule has 118 valence electrons. The molecular formula is C17H16N2O4. The Morgan fingerprint density at radius 3 is 2.39 bits per heavy atom. The predicted octanol–water partition coefficient (Wildman–Crippen LogP) is 3.43. The van der Waals surface area contributed by atoms with E-state index in [1.54, 1.807) is 33.8 Å². The summed E-state index contributed by atoms with van der Waals surface area (Å²) in [6, 6.07) is 7.35. The van der Waals surface area contributed by atoms with Gasteiger partial charge in [0.2, 0.25) is 5.75 Å². The molecule has 0 N–H and O–H groups in total. The molecule has 0 fully saturated rings. The lowest BCUT2D eigenvalue weighted by atomic mass is 10.0. The molecule has 0 saturated heterocycles. The summed E-state index contributed by atoms with van der Waals surface area (Å²) in [6.07, 6.45) is 4.80. The predicted molar refractivity (Wildman–Crippen MR) is 84.8 cm³/mol. The molecule has 2 heterocycles. The minimum atomic E-state index is 0.516. The van der Waals surface area contributed by atoms with Crippen LogP contribution in [0.5, 0.6) is 17.2 Å². The Kier molecular flexibility index (Phi) is 4.14. The topological polar surface area (TPSA) is 66.6 Å². The van der Waals surface area contributed by atoms with E-state index in [2.05, 4.69) is 9.97 Å². The van der Waals surface area contributed by atoms with Crippen molar-refractivity contribution in [3.8, 4) is 39.8 Å². The molecule has 0 aliphatic rings. The van der Waals surface area contributed by atoms with E-state index in [1.165, 1.54) is 6.33 Å². The van der Waals surface area contributed by atoms with Crippen LogP contribution in [0.15, 0.2) is 47.5 Å². The van der Waals surface area contributed by atoms with Crippen LogP contribution in [0.3, 0.4) is 0 Å². The van der Waals surface area contributed by atoms with Crippen LogP contribution in [0.1, 0.15) is 0 Å². The summed E-state index contributed by atoms with van der Waals surface area (Å²) >= 11 is 0. The monoisotopic (exact) mass is 312 g/mol. The number of methoxy groups -OCH3 is 3. The van der Waals surface area contributed by atoms with Crippen LogP contribution < -0.4 is 14.2 Å². The van der Waals surface area contributed by atoms with Crippen molar-refractivity contribution >= 4 is 0 Å². The molecule has 3 rings (SSSR count). The van der Waals surface area contributed by atoms with Crippen molar-refractivity contribution in [3.63, 3.8) is 0 Å². The lowest BCUT2D eigenvalue weighted by molar-refractivity contribution is 0.325. The summed E-state index contributed by atoms with van der Waals surface area (Å²) < 4.78 is 21.8. The van der Waals surface area contributed by atoms with Crippen LogP contribution >= 0.6 is 0 Å². The number of ether oxygens (including phenoxy) is 3. The van der Waals surface area contributed by atoms with Crippen LogP contribution in [0, 0.1) is 0 Å². The molecule has 0 aliphatic heterocycles. The second kappa shape index (κ2) is 6.39. The highest BCUT2D eigenvalue weighted by Crippen LogP contribution is 2.45. The molecule has 1 aromatic carbocycles. The summed E-state index contributed by atoms with van der Waals surface area (Å²) in [7, 11) is 4.73. The average Bonchev–Trinajstić information content (AvgIpc) is 3.14. The van der Waals surface area contributed by atoms with Gasteiger partial charge in [-0.15, -0.1) is 0 Å². The Labute approximate surface area is 133 Å². The molecule has 6 heteroatoms. The van der Waals surface area contributed by atoms with Gasteiger partial charge in [-0.3, -0.25) is 0 Å². The normalized spacial score (nSPS) is 10.4. The van der Waals surface area contributed by atoms with Crippen molar-refractivity contribution < 1.29 is 18.6 Å². The van der Waals surface area contributed by atoms with Crippen LogP contribution in [0.4, 0.5) is 0 Å². The molecule has 0 amide bonds. The minimum Gasteiger partial charge on any atom is -0.493 e. The zero-order chi connectivity index (χ0) is 16.2. The fraction of sp³-hybridized carbons (Fsp3) is 0.176. The van der Waals surface area contributed by atoms with Crippen molar-refractivity contribution in [1.82, 2.24) is 9.97 Å². The Balaban J connectivity index is 2.24. The third-order valence-electron chi connectivity index (χ3n) is 3.46. The Hall–Kier alpha value is -3.02. The van der Waals surface area contributed by atoms with Gasteiger partial charge in [-0.1, -0.05) is 0 Å². The van der Waals surface area contributed by atoms with Crippen molar-refractivity contribution in [2.24, 2.45) is 0 Å². The van der Waals surface area contributed by atoms with Crippen molar-refractivity contribution in [2.45, 2.75) is 0 Å². The van der Waals surface area contributed by atoms with Gasteiger partial charge in [-0.2, -0.15) is 0 Å². The number of furan rings is 1. The second-order valence-corrected chi connectivity index (χ2v) is 4.64. The Morgan fingerprint density at radius 1 is 0.913 bits per heavy atom. The van der Waals surface area contributed by atoms with E-state index >= 15 is 0 Å². The third kappa shape index (κ3) is 2.59. The fourth-order valence-corrected chi connectivity index (χ4v) is 2.45. The molecule has 6 nitrogen and oxygen atoms in total. The van der Waals surface area contributed by atoms with Gasteiger partial charge in [0.1, 0.15) is 12.0 Å². The molecule has 0 spiro atoms. The molecular weight excluding hydrogens is 296 g/mol. The lowest BCUT2D eigenvalue weighted by Gasteiger charge is -2.16. The van der Waals surface area contributed by atoms with Crippen LogP contribution in [-0.4, -0.2) is 31.3 Å². The highest BCUT2D eigenvalue weighted by molar-refractivity contribution is 5.84. The van der Waals surface area contributed by atoms with Crippen LogP contribution in [0.2, 0.25) is 0 Å². The first-order chi connectivity index (χ1) is 11.3. The van der Waals surface area contributed by atoms with Gasteiger partial charge in [-0.05, 0) is 24.3 Å². The lowest BCUT2D eigenvalue weighted by Crippen LogP contribution is -1.98. The van der Waals surface area contributed by atoms with Crippen LogP contribution in [0.25, 0.3) is 22.6 Å². The van der Waals surface area contributed by atoms with Gasteiger partial charge in [-0.25, -0.2) is 9.97 Å². The first-order valence-electron chi connectivity index (χ1n) is 6.93. The average molecular weight is 312 g/mol. The SMILES string of the molecule is COc1ccc(-c2cncnc2-c2ccco2)c(OC)c1OC. The van der Waals surface area contributed by atoms with E-state index in [1.807, 2.05) is 24.3 Å². The van der Waals surface area contributed by atoms with E-state index in [4.69, 9.17) is 18.6 Å². The Morgan fingerprint density at radius 2 is 1.74 bits per heavy atom. The highest BCUT2D eigenvalue weighted by Gasteiger charge is 2.20. The number of aromatic nitrogens is 2. The van der Waals surface area contributed by atoms with Crippen LogP contribution in [-0.2, 0) is 0 Å². The maximum Gasteiger partial charge on any atom is 0.203 e. The molecule has 0 aliphatic carbocycles. The van der Waals surface area contributed by atoms with E-state index in [-0.39, 0.29) is 0 Å². The zero-order valence-corrected chi connectivity index (χ0v) is 13.1. The van der Waals surface area contributed by atoms with Gasteiger partial charge in [0.05, 0.1) is 27.6 Å². The quantitative estimate of drug-likeness (QED) is 0.719. The summed E-state index contributed by atoms with van der Waals surface area (Å²) in [4.78, 5) is 8.46. The molecule has 0 unspecified atom stereocenters. The van der Waals surface area contributed by atoms with Gasteiger partial charge in [0.25, 0.3) is 0 Å². The standard InChI is InChI=1S/C17H16N2O4/c1-20-14-7-6-11(16(21-2)17(14)22-3)12-9-18-10-19-15(12)13-5-4-8-23-13/h4-10H,1-3H3. The van der Waals surface area contributed by atoms with Gasteiger partial charge in [0, 0.05) is 17.3 Å². The smallest absolute Gasteiger partial charge is 0.203 e. The largest absolute Gasteiger partial charge is 0.493 e. The molecule has 0 bridgehead atoms. The van der Waals surface area contributed by atoms with E-state index in [0.29, 0.717) is 28.7 Å². The Bertz CT molecular complexity index is 800. The van der Waals surface area contributed by atoms with E-state index in [0.717, 1.165) is 11.1 Å². The first kappa shape index (κ1) is 14.9. The van der Waals surface area contributed by atoms with Gasteiger partial charge < -0.3 is 18.6 Å². The molecule has 0 saturated carbocycles.